The second-order valence-corrected chi connectivity index (χ2v) is 29.9. The van der Waals surface area contributed by atoms with Crippen LogP contribution in [-0.4, -0.2) is 91.8 Å². The van der Waals surface area contributed by atoms with Crippen LogP contribution in [0.3, 0.4) is 0 Å². The zero-order valence-corrected chi connectivity index (χ0v) is 38.9. The van der Waals surface area contributed by atoms with Crippen LogP contribution in [0, 0.1) is 0 Å². The smallest absolute Gasteiger partial charge is 0.329 e. The van der Waals surface area contributed by atoms with Crippen molar-refractivity contribution in [1.82, 2.24) is 29.3 Å². The number of hydrogen-bond acceptors (Lipinski definition) is 24. The highest BCUT2D eigenvalue weighted by Crippen LogP contribution is 2.62. The summed E-state index contributed by atoms with van der Waals surface area (Å²) in [7, 11) is 8.90. The molecule has 0 atom stereocenters. The van der Waals surface area contributed by atoms with Crippen LogP contribution in [0.2, 0.25) is 0 Å². The van der Waals surface area contributed by atoms with Gasteiger partial charge in [-0.05, 0) is 124 Å². The molecule has 0 radical (unpaired) electrons. The Hall–Kier alpha value is 0.240. The van der Waals surface area contributed by atoms with Gasteiger partial charge in [0.15, 0.2) is 0 Å². The number of ether oxygens (including phenoxy) is 3. The summed E-state index contributed by atoms with van der Waals surface area (Å²) >= 11 is 22.3. The number of rotatable bonds is 21. The summed E-state index contributed by atoms with van der Waals surface area (Å²) in [6.07, 6.45) is 0. The van der Waals surface area contributed by atoms with Gasteiger partial charge in [-0.25, -0.2) is 14.0 Å². The maximum Gasteiger partial charge on any atom is 0.329 e. The maximum atomic E-state index is 11.6. The first-order valence-electron chi connectivity index (χ1n) is 13.8. The van der Waals surface area contributed by atoms with Crippen molar-refractivity contribution in [2.45, 2.75) is 38.4 Å². The second kappa shape index (κ2) is 25.4. The molecule has 0 saturated heterocycles. The maximum absolute atomic E-state index is 11.6. The third-order valence-corrected chi connectivity index (χ3v) is 23.8. The summed E-state index contributed by atoms with van der Waals surface area (Å²) in [5.74, 6) is 0.884. The first kappa shape index (κ1) is 49.3. The highest BCUT2D eigenvalue weighted by molar-refractivity contribution is 8.68. The van der Waals surface area contributed by atoms with Crippen molar-refractivity contribution in [1.29, 1.82) is 0 Å². The van der Waals surface area contributed by atoms with E-state index < -0.39 is 17.1 Å². The fourth-order valence-electron chi connectivity index (χ4n) is 2.62. The Morgan fingerprint density at radius 3 is 1.14 bits per heavy atom. The SMILES string of the molecule is CCOP(=S)(OCC)SCn1nc(OC)sc1=O.CCOc1nn(CSP(=S)(OC)OC)c(=O)s1.COc1nn(CSP(=S)(OC)OC)c(=O)s1. The van der Waals surface area contributed by atoms with E-state index in [9.17, 15) is 14.4 Å². The highest BCUT2D eigenvalue weighted by atomic mass is 32.9. The third-order valence-electron chi connectivity index (χ3n) is 4.86. The Bertz CT molecular complexity index is 1760. The Labute approximate surface area is 334 Å². The lowest BCUT2D eigenvalue weighted by molar-refractivity contribution is 0.280. The molecule has 0 aliphatic rings. The molecule has 0 N–H and O–H groups in total. The molecule has 3 heterocycles. The van der Waals surface area contributed by atoms with Gasteiger partial charge in [-0.2, -0.15) is 0 Å². The molecule has 0 saturated carbocycles. The predicted octanol–water partition coefficient (Wildman–Crippen LogP) is 5.73. The van der Waals surface area contributed by atoms with E-state index in [0.29, 0.717) is 47.2 Å². The Kier molecular flexibility index (Phi) is 24.5. The number of hydrogen-bond donors (Lipinski definition) is 0. The minimum Gasteiger partial charge on any atom is -0.472 e. The fraction of sp³-hybridized carbons (Fsp3) is 0.714. The van der Waals surface area contributed by atoms with Crippen molar-refractivity contribution in [2.75, 3.05) is 62.5 Å². The normalized spacial score (nSPS) is 11.7. The predicted molar refractivity (Wildman–Crippen MR) is 220 cm³/mol. The van der Waals surface area contributed by atoms with Crippen LogP contribution in [0.15, 0.2) is 14.4 Å². The number of methoxy groups -OCH3 is 2. The van der Waals surface area contributed by atoms with Gasteiger partial charge in [-0.3, -0.25) is 14.4 Å². The Morgan fingerprint density at radius 2 is 0.863 bits per heavy atom. The summed E-state index contributed by atoms with van der Waals surface area (Å²) in [5, 5.41) is 13.0. The third kappa shape index (κ3) is 17.7. The van der Waals surface area contributed by atoms with Crippen LogP contribution in [-0.2, 0) is 80.2 Å². The van der Waals surface area contributed by atoms with Gasteiger partial charge >= 0.3 is 14.6 Å². The van der Waals surface area contributed by atoms with Crippen LogP contribution in [0.25, 0.3) is 0 Å². The topological polar surface area (TPSA) is 188 Å². The molecule has 51 heavy (non-hydrogen) atoms. The average molecular weight is 949 g/mol. The van der Waals surface area contributed by atoms with Crippen LogP contribution in [0.4, 0.5) is 0 Å². The zero-order chi connectivity index (χ0) is 38.7. The van der Waals surface area contributed by atoms with Crippen molar-refractivity contribution in [3.63, 3.8) is 0 Å². The van der Waals surface area contributed by atoms with E-state index in [1.165, 1.54) is 90.8 Å². The molecular formula is C21H39N6O12P3S9. The van der Waals surface area contributed by atoms with Gasteiger partial charge in [0.05, 0.1) is 34.0 Å². The summed E-state index contributed by atoms with van der Waals surface area (Å²) < 4.78 is 50.0. The van der Waals surface area contributed by atoms with E-state index in [4.69, 9.17) is 76.8 Å². The molecule has 0 aliphatic carbocycles. The van der Waals surface area contributed by atoms with E-state index in [1.54, 1.807) is 0 Å². The van der Waals surface area contributed by atoms with E-state index in [0.717, 1.165) is 34.0 Å². The number of nitrogens with zero attached hydrogens (tertiary/aromatic N) is 6. The number of aromatic nitrogens is 6. The molecule has 0 unspecified atom stereocenters. The molecule has 30 heteroatoms. The lowest BCUT2D eigenvalue weighted by Crippen LogP contribution is -2.13. The Morgan fingerprint density at radius 1 is 0.549 bits per heavy atom. The quantitative estimate of drug-likeness (QED) is 0.118. The Balaban J connectivity index is 0.000000383. The van der Waals surface area contributed by atoms with Crippen molar-refractivity contribution in [3.05, 3.63) is 29.0 Å². The van der Waals surface area contributed by atoms with E-state index >= 15 is 0 Å². The van der Waals surface area contributed by atoms with E-state index in [2.05, 4.69) is 15.3 Å². The van der Waals surface area contributed by atoms with Gasteiger partial charge in [-0.15, -0.1) is 15.3 Å². The van der Waals surface area contributed by atoms with Crippen LogP contribution >= 0.6 is 85.2 Å². The monoisotopic (exact) mass is 948 g/mol. The largest absolute Gasteiger partial charge is 0.472 e. The molecule has 0 aliphatic heterocycles. The first-order valence-corrected chi connectivity index (χ1v) is 29.0. The summed E-state index contributed by atoms with van der Waals surface area (Å²) in [4.78, 5) is 33.9. The highest BCUT2D eigenvalue weighted by Gasteiger charge is 2.21. The molecule has 3 aromatic heterocycles. The van der Waals surface area contributed by atoms with Crippen molar-refractivity contribution in [3.8, 4) is 15.6 Å². The molecule has 3 rings (SSSR count). The van der Waals surface area contributed by atoms with E-state index in [1.807, 2.05) is 20.8 Å². The summed E-state index contributed by atoms with van der Waals surface area (Å²) in [6.45, 7) is 7.01. The zero-order valence-electron chi connectivity index (χ0n) is 28.8. The van der Waals surface area contributed by atoms with Crippen molar-refractivity contribution in [2.24, 2.45) is 0 Å². The summed E-state index contributed by atoms with van der Waals surface area (Å²) in [6, 6.07) is 0. The minimum absolute atomic E-state index is 0.185. The molecule has 18 nitrogen and oxygen atoms in total. The molecule has 0 bridgehead atoms. The molecule has 0 spiro atoms. The second-order valence-electron chi connectivity index (χ2n) is 7.92. The van der Waals surface area contributed by atoms with Gasteiger partial charge in [0, 0.05) is 28.4 Å². The van der Waals surface area contributed by atoms with Gasteiger partial charge in [0.1, 0.15) is 17.6 Å². The fourth-order valence-corrected chi connectivity index (χ4v) is 14.1. The van der Waals surface area contributed by atoms with Crippen molar-refractivity contribution < 1.29 is 41.4 Å². The van der Waals surface area contributed by atoms with Crippen LogP contribution < -0.4 is 28.8 Å². The first-order chi connectivity index (χ1) is 24.1. The molecule has 0 aromatic carbocycles. The minimum atomic E-state index is -2.39. The molecule has 0 fully saturated rings. The lowest BCUT2D eigenvalue weighted by atomic mass is 10.9. The molecule has 294 valence electrons. The van der Waals surface area contributed by atoms with Gasteiger partial charge in [0.2, 0.25) is 17.1 Å². The van der Waals surface area contributed by atoms with Crippen LogP contribution in [0.5, 0.6) is 15.6 Å². The molecule has 3 aromatic rings. The van der Waals surface area contributed by atoms with E-state index in [-0.39, 0.29) is 20.5 Å². The van der Waals surface area contributed by atoms with Gasteiger partial charge < -0.3 is 41.4 Å². The van der Waals surface area contributed by atoms with Gasteiger partial charge in [-0.1, -0.05) is 0 Å². The summed E-state index contributed by atoms with van der Waals surface area (Å²) in [5.41, 5.74) is -7.10. The van der Waals surface area contributed by atoms with Crippen LogP contribution in [0.1, 0.15) is 20.8 Å². The van der Waals surface area contributed by atoms with Gasteiger partial charge in [0.25, 0.3) is 15.6 Å². The standard InChI is InChI=1S/C8H15N2O4PS3.C7H13N2O4PS3.C6H11N2O4PS3/c1-4-13-15(16,14-5-2)17-6-10-8(11)18-7(9-10)12-3;1-4-13-6-8-9(7(10)17-6)5-16-14(15,11-2)12-3;1-10-5-7-8(6(9)16-5)4-15-13(14,11-2)12-3/h4-6H2,1-3H3;4-5H2,1-3H3;4H2,1-3H3. The lowest BCUT2D eigenvalue weighted by Gasteiger charge is -2.19. The average Bonchev–Trinajstić information content (AvgIpc) is 3.80. The van der Waals surface area contributed by atoms with Crippen molar-refractivity contribution >= 4 is 121 Å². The molecule has 0 amide bonds. The molecular weight excluding hydrogens is 910 g/mol.